The molecule has 162 valence electrons. The average Bonchev–Trinajstić information content (AvgIpc) is 3.46. The van der Waals surface area contributed by atoms with Crippen molar-refractivity contribution in [2.45, 2.75) is 24.8 Å². The molecule has 0 aromatic carbocycles. The molecular formula is C20H19ClN4O4S2. The van der Waals surface area contributed by atoms with Crippen molar-refractivity contribution < 1.29 is 9.52 Å². The second-order valence-corrected chi connectivity index (χ2v) is 9.90. The second kappa shape index (κ2) is 7.40. The van der Waals surface area contributed by atoms with Crippen molar-refractivity contribution in [2.24, 2.45) is 14.1 Å². The summed E-state index contributed by atoms with van der Waals surface area (Å²) in [5.41, 5.74) is 1.84. The van der Waals surface area contributed by atoms with E-state index < -0.39 is 11.8 Å². The van der Waals surface area contributed by atoms with Crippen molar-refractivity contribution in [1.82, 2.24) is 18.7 Å². The van der Waals surface area contributed by atoms with Gasteiger partial charge in [0.1, 0.15) is 16.0 Å². The van der Waals surface area contributed by atoms with Crippen LogP contribution in [-0.2, 0) is 20.6 Å². The van der Waals surface area contributed by atoms with E-state index >= 15 is 0 Å². The van der Waals surface area contributed by atoms with E-state index in [0.717, 1.165) is 16.0 Å². The normalized spacial score (nSPS) is 17.3. The number of halogens is 1. The molecule has 8 nitrogen and oxygen atoms in total. The number of aromatic nitrogens is 4. The summed E-state index contributed by atoms with van der Waals surface area (Å²) in [4.78, 5) is 30.7. The number of hydrogen-bond acceptors (Lipinski definition) is 7. The fourth-order valence-corrected chi connectivity index (χ4v) is 6.40. The maximum absolute atomic E-state index is 13.3. The van der Waals surface area contributed by atoms with Crippen LogP contribution in [-0.4, -0.2) is 29.5 Å². The van der Waals surface area contributed by atoms with Crippen LogP contribution in [0.4, 0.5) is 0 Å². The Balaban J connectivity index is 1.92. The molecule has 0 radical (unpaired) electrons. The third-order valence-electron chi connectivity index (χ3n) is 5.56. The fraction of sp³-hybridized carbons (Fsp3) is 0.350. The minimum atomic E-state index is -0.715. The van der Waals surface area contributed by atoms with Gasteiger partial charge < -0.3 is 14.1 Å². The Morgan fingerprint density at radius 3 is 2.71 bits per heavy atom. The molecule has 5 rings (SSSR count). The molecule has 0 spiro atoms. The van der Waals surface area contributed by atoms with E-state index in [1.165, 1.54) is 23.0 Å². The molecule has 0 saturated heterocycles. The summed E-state index contributed by atoms with van der Waals surface area (Å²) in [5.74, 6) is 1.45. The third-order valence-corrected chi connectivity index (χ3v) is 7.83. The number of thioether (sulfide) groups is 1. The molecular weight excluding hydrogens is 460 g/mol. The highest BCUT2D eigenvalue weighted by Gasteiger charge is 2.35. The molecule has 4 aromatic rings. The van der Waals surface area contributed by atoms with E-state index in [4.69, 9.17) is 16.0 Å². The SMILES string of the molecule is C[C@@H](O)c1csc(-c2c3c(=O)n(C)c(=O)n(C)c3c3n2CCS[C@H]3c2ccc(Cl)o2)n1. The minimum absolute atomic E-state index is 0.230. The van der Waals surface area contributed by atoms with Crippen molar-refractivity contribution >= 4 is 45.6 Å². The van der Waals surface area contributed by atoms with E-state index in [9.17, 15) is 14.7 Å². The summed E-state index contributed by atoms with van der Waals surface area (Å²) in [7, 11) is 3.15. The number of aliphatic hydroxyl groups is 1. The molecule has 0 bridgehead atoms. The molecule has 1 aliphatic rings. The number of fused-ring (bicyclic) bond motifs is 3. The second-order valence-electron chi connectivity index (χ2n) is 7.46. The Bertz CT molecular complexity index is 1440. The lowest BCUT2D eigenvalue weighted by Crippen LogP contribution is -2.37. The number of aryl methyl sites for hydroxylation is 1. The number of thiazole rings is 1. The van der Waals surface area contributed by atoms with Gasteiger partial charge in [-0.05, 0) is 30.7 Å². The van der Waals surface area contributed by atoms with E-state index in [2.05, 4.69) is 9.55 Å². The Labute approximate surface area is 189 Å². The van der Waals surface area contributed by atoms with E-state index in [1.807, 2.05) is 6.07 Å². The van der Waals surface area contributed by atoms with Crippen molar-refractivity contribution in [3.8, 4) is 10.7 Å². The fourth-order valence-electron chi connectivity index (χ4n) is 4.07. The topological polar surface area (TPSA) is 95.2 Å². The van der Waals surface area contributed by atoms with Gasteiger partial charge in [0.25, 0.3) is 5.56 Å². The molecule has 4 aromatic heterocycles. The van der Waals surface area contributed by atoms with E-state index in [-0.39, 0.29) is 16.0 Å². The highest BCUT2D eigenvalue weighted by molar-refractivity contribution is 7.99. The molecule has 0 fully saturated rings. The summed E-state index contributed by atoms with van der Waals surface area (Å²) in [6.07, 6.45) is -0.715. The molecule has 0 unspecified atom stereocenters. The lowest BCUT2D eigenvalue weighted by atomic mass is 10.2. The minimum Gasteiger partial charge on any atom is -0.448 e. The van der Waals surface area contributed by atoms with Crippen LogP contribution in [0.1, 0.15) is 35.4 Å². The van der Waals surface area contributed by atoms with Crippen molar-refractivity contribution in [3.05, 3.63) is 60.7 Å². The van der Waals surface area contributed by atoms with E-state index in [0.29, 0.717) is 39.6 Å². The maximum Gasteiger partial charge on any atom is 0.331 e. The van der Waals surface area contributed by atoms with Gasteiger partial charge in [0, 0.05) is 31.8 Å². The quantitative estimate of drug-likeness (QED) is 0.485. The first-order valence-corrected chi connectivity index (χ1v) is 11.9. The summed E-state index contributed by atoms with van der Waals surface area (Å²) in [6, 6.07) is 3.51. The van der Waals surface area contributed by atoms with Gasteiger partial charge in [0.15, 0.2) is 5.22 Å². The highest BCUT2D eigenvalue weighted by Crippen LogP contribution is 2.47. The largest absolute Gasteiger partial charge is 0.448 e. The zero-order chi connectivity index (χ0) is 22.0. The monoisotopic (exact) mass is 478 g/mol. The van der Waals surface area contributed by atoms with Gasteiger partial charge in [-0.25, -0.2) is 9.78 Å². The van der Waals surface area contributed by atoms with Crippen LogP contribution >= 0.6 is 34.7 Å². The van der Waals surface area contributed by atoms with Gasteiger partial charge in [0.2, 0.25) is 0 Å². The Kier molecular flexibility index (Phi) is 4.93. The zero-order valence-electron chi connectivity index (χ0n) is 17.0. The molecule has 0 saturated carbocycles. The molecule has 0 amide bonds. The Morgan fingerprint density at radius 2 is 2.06 bits per heavy atom. The van der Waals surface area contributed by atoms with Crippen LogP contribution < -0.4 is 11.2 Å². The lowest BCUT2D eigenvalue weighted by Gasteiger charge is -2.24. The van der Waals surface area contributed by atoms with Crippen molar-refractivity contribution in [3.63, 3.8) is 0 Å². The molecule has 11 heteroatoms. The van der Waals surface area contributed by atoms with Gasteiger partial charge in [-0.2, -0.15) is 0 Å². The van der Waals surface area contributed by atoms with Crippen LogP contribution in [0.5, 0.6) is 0 Å². The molecule has 0 aliphatic carbocycles. The number of aliphatic hydroxyl groups excluding tert-OH is 1. The number of furan rings is 1. The average molecular weight is 479 g/mol. The maximum atomic E-state index is 13.3. The first-order valence-electron chi connectivity index (χ1n) is 9.62. The van der Waals surface area contributed by atoms with Crippen LogP contribution in [0.25, 0.3) is 21.6 Å². The molecule has 1 aliphatic heterocycles. The van der Waals surface area contributed by atoms with Gasteiger partial charge in [-0.1, -0.05) is 0 Å². The summed E-state index contributed by atoms with van der Waals surface area (Å²) in [6.45, 7) is 2.30. The highest BCUT2D eigenvalue weighted by atomic mass is 35.5. The predicted octanol–water partition coefficient (Wildman–Crippen LogP) is 3.30. The Hall–Kier alpha value is -2.27. The zero-order valence-corrected chi connectivity index (χ0v) is 19.3. The first kappa shape index (κ1) is 20.6. The number of hydrogen-bond donors (Lipinski definition) is 1. The van der Waals surface area contributed by atoms with Gasteiger partial charge in [-0.15, -0.1) is 23.1 Å². The third kappa shape index (κ3) is 3.04. The van der Waals surface area contributed by atoms with Gasteiger partial charge in [0.05, 0.1) is 34.1 Å². The first-order chi connectivity index (χ1) is 14.8. The number of nitrogens with zero attached hydrogens (tertiary/aromatic N) is 4. The Morgan fingerprint density at radius 1 is 1.29 bits per heavy atom. The summed E-state index contributed by atoms with van der Waals surface area (Å²) < 4.78 is 10.4. The van der Waals surface area contributed by atoms with E-state index in [1.54, 1.807) is 37.2 Å². The standard InChI is InChI=1S/C20H19ClN4O4S2/c1-9(26)10-8-31-18(22-10)15-13-14(23(2)20(28)24(3)19(13)27)16-17(30-7-6-25(15)16)11-4-5-12(21)29-11/h4-5,8-9,17,26H,6-7H2,1-3H3/t9-,17+/m1/s1. The number of rotatable bonds is 3. The summed E-state index contributed by atoms with van der Waals surface area (Å²) in [5, 5.41) is 12.9. The van der Waals surface area contributed by atoms with Crippen LogP contribution in [0.3, 0.4) is 0 Å². The molecule has 1 N–H and O–H groups in total. The molecule has 5 heterocycles. The lowest BCUT2D eigenvalue weighted by molar-refractivity contribution is 0.195. The smallest absolute Gasteiger partial charge is 0.331 e. The van der Waals surface area contributed by atoms with Crippen molar-refractivity contribution in [2.75, 3.05) is 5.75 Å². The molecule has 31 heavy (non-hydrogen) atoms. The van der Waals surface area contributed by atoms with Crippen LogP contribution in [0.2, 0.25) is 5.22 Å². The van der Waals surface area contributed by atoms with Gasteiger partial charge in [-0.3, -0.25) is 13.9 Å². The van der Waals surface area contributed by atoms with Crippen LogP contribution in [0.15, 0.2) is 31.5 Å². The van der Waals surface area contributed by atoms with Crippen LogP contribution in [0, 0.1) is 0 Å². The van der Waals surface area contributed by atoms with Gasteiger partial charge >= 0.3 is 5.69 Å². The van der Waals surface area contributed by atoms with Crippen molar-refractivity contribution in [1.29, 1.82) is 0 Å². The summed E-state index contributed by atoms with van der Waals surface area (Å²) >= 11 is 9.08. The predicted molar refractivity (Wildman–Crippen MR) is 122 cm³/mol. The molecule has 2 atom stereocenters.